The molecular formula is C14H15NO5. The molecule has 20 heavy (non-hydrogen) atoms. The Morgan fingerprint density at radius 2 is 1.95 bits per heavy atom. The average Bonchev–Trinajstić information content (AvgIpc) is 2.95. The van der Waals surface area contributed by atoms with Gasteiger partial charge in [-0.3, -0.25) is 0 Å². The third kappa shape index (κ3) is 2.32. The van der Waals surface area contributed by atoms with Crippen LogP contribution in [0.2, 0.25) is 0 Å². The fraction of sp³-hybridized carbons (Fsp3) is 0.286. The van der Waals surface area contributed by atoms with Gasteiger partial charge in [-0.1, -0.05) is 12.1 Å². The molecule has 1 N–H and O–H groups in total. The number of carboxylic acid groups (broad SMARTS) is 1. The third-order valence-corrected chi connectivity index (χ3v) is 3.00. The van der Waals surface area contributed by atoms with E-state index in [1.54, 1.807) is 26.4 Å². The topological polar surface area (TPSA) is 81.8 Å². The maximum Gasteiger partial charge on any atom is 0.358 e. The molecule has 2 rings (SSSR count). The smallest absolute Gasteiger partial charge is 0.358 e. The highest BCUT2D eigenvalue weighted by atomic mass is 16.5. The van der Waals surface area contributed by atoms with Crippen molar-refractivity contribution in [2.24, 2.45) is 0 Å². The zero-order chi connectivity index (χ0) is 14.7. The van der Waals surface area contributed by atoms with Crippen LogP contribution in [-0.2, 0) is 6.42 Å². The molecule has 0 atom stereocenters. The fourth-order valence-electron chi connectivity index (χ4n) is 2.08. The van der Waals surface area contributed by atoms with Gasteiger partial charge in [0.15, 0.2) is 11.5 Å². The molecule has 0 saturated heterocycles. The molecule has 0 aliphatic heterocycles. The predicted octanol–water partition coefficient (Wildman–Crippen LogP) is 2.62. The van der Waals surface area contributed by atoms with E-state index in [4.69, 9.17) is 19.1 Å². The van der Waals surface area contributed by atoms with Crippen LogP contribution in [-0.4, -0.2) is 30.5 Å². The minimum atomic E-state index is -1.14. The van der Waals surface area contributed by atoms with Gasteiger partial charge in [-0.15, -0.1) is 0 Å². The van der Waals surface area contributed by atoms with E-state index >= 15 is 0 Å². The Morgan fingerprint density at radius 3 is 2.45 bits per heavy atom. The highest BCUT2D eigenvalue weighted by Gasteiger charge is 2.21. The first-order valence-corrected chi connectivity index (χ1v) is 6.06. The summed E-state index contributed by atoms with van der Waals surface area (Å²) in [6.07, 6.45) is 0.679. The molecule has 0 bridgehead atoms. The Balaban J connectivity index is 2.65. The molecule has 6 nitrogen and oxygen atoms in total. The minimum absolute atomic E-state index is 0.146. The summed E-state index contributed by atoms with van der Waals surface area (Å²) in [5.41, 5.74) is 1.39. The Bertz CT molecular complexity index is 632. The molecule has 0 saturated carbocycles. The molecule has 6 heteroatoms. The van der Waals surface area contributed by atoms with Crippen molar-refractivity contribution in [1.82, 2.24) is 5.16 Å². The highest BCUT2D eigenvalue weighted by Crippen LogP contribution is 2.39. The van der Waals surface area contributed by atoms with Gasteiger partial charge in [0.25, 0.3) is 0 Å². The summed E-state index contributed by atoms with van der Waals surface area (Å²) in [5, 5.41) is 12.4. The monoisotopic (exact) mass is 277 g/mol. The van der Waals surface area contributed by atoms with Crippen LogP contribution in [0.5, 0.6) is 11.5 Å². The molecule has 0 unspecified atom stereocenters. The summed E-state index contributed by atoms with van der Waals surface area (Å²) in [4.78, 5) is 10.9. The van der Waals surface area contributed by atoms with Gasteiger partial charge in [0.1, 0.15) is 11.5 Å². The van der Waals surface area contributed by atoms with E-state index in [1.165, 1.54) is 6.07 Å². The van der Waals surface area contributed by atoms with Gasteiger partial charge in [0, 0.05) is 11.6 Å². The van der Waals surface area contributed by atoms with Crippen molar-refractivity contribution in [3.8, 4) is 22.8 Å². The number of carboxylic acids is 1. The molecule has 0 amide bonds. The highest BCUT2D eigenvalue weighted by molar-refractivity contribution is 5.87. The third-order valence-electron chi connectivity index (χ3n) is 3.00. The maximum atomic E-state index is 10.9. The Labute approximate surface area is 115 Å². The van der Waals surface area contributed by atoms with Gasteiger partial charge in [0.2, 0.25) is 0 Å². The van der Waals surface area contributed by atoms with Crippen molar-refractivity contribution in [3.05, 3.63) is 29.5 Å². The van der Waals surface area contributed by atoms with Crippen LogP contribution in [0, 0.1) is 0 Å². The van der Waals surface area contributed by atoms with E-state index in [-0.39, 0.29) is 5.69 Å². The SMILES string of the molecule is CCc1c(OC)ccc(OC)c1-c1cc(C(=O)O)no1. The summed E-state index contributed by atoms with van der Waals surface area (Å²) in [5.74, 6) is 0.474. The van der Waals surface area contributed by atoms with Crippen LogP contribution in [0.25, 0.3) is 11.3 Å². The molecule has 0 fully saturated rings. The lowest BCUT2D eigenvalue weighted by molar-refractivity contribution is 0.0686. The van der Waals surface area contributed by atoms with Crippen LogP contribution < -0.4 is 9.47 Å². The molecule has 0 spiro atoms. The summed E-state index contributed by atoms with van der Waals surface area (Å²) >= 11 is 0. The van der Waals surface area contributed by atoms with Gasteiger partial charge in [-0.2, -0.15) is 0 Å². The standard InChI is InChI=1S/C14H15NO5/c1-4-8-10(18-2)5-6-11(19-3)13(8)12-7-9(14(16)17)15-20-12/h5-7H,4H2,1-3H3,(H,16,17). The summed E-state index contributed by atoms with van der Waals surface area (Å²) in [6.45, 7) is 1.97. The van der Waals surface area contributed by atoms with Crippen LogP contribution in [0.15, 0.2) is 22.7 Å². The summed E-state index contributed by atoms with van der Waals surface area (Å²) in [6, 6.07) is 4.92. The van der Waals surface area contributed by atoms with E-state index in [0.717, 1.165) is 5.56 Å². The van der Waals surface area contributed by atoms with E-state index in [2.05, 4.69) is 5.16 Å². The van der Waals surface area contributed by atoms with Crippen LogP contribution in [0.1, 0.15) is 23.0 Å². The number of methoxy groups -OCH3 is 2. The molecular weight excluding hydrogens is 262 g/mol. The number of hydrogen-bond acceptors (Lipinski definition) is 5. The predicted molar refractivity (Wildman–Crippen MR) is 71.4 cm³/mol. The summed E-state index contributed by atoms with van der Waals surface area (Å²) in [7, 11) is 3.12. The van der Waals surface area contributed by atoms with Crippen LogP contribution in [0.3, 0.4) is 0 Å². The van der Waals surface area contributed by atoms with E-state index in [0.29, 0.717) is 29.2 Å². The molecule has 0 radical (unpaired) electrons. The van der Waals surface area contributed by atoms with Crippen molar-refractivity contribution in [1.29, 1.82) is 0 Å². The lowest BCUT2D eigenvalue weighted by Crippen LogP contribution is -1.97. The summed E-state index contributed by atoms with van der Waals surface area (Å²) < 4.78 is 15.8. The Morgan fingerprint density at radius 1 is 1.30 bits per heavy atom. The van der Waals surface area contributed by atoms with Gasteiger partial charge >= 0.3 is 5.97 Å². The van der Waals surface area contributed by atoms with Crippen molar-refractivity contribution in [2.45, 2.75) is 13.3 Å². The van der Waals surface area contributed by atoms with Crippen molar-refractivity contribution < 1.29 is 23.9 Å². The quantitative estimate of drug-likeness (QED) is 0.904. The van der Waals surface area contributed by atoms with Crippen molar-refractivity contribution in [3.63, 3.8) is 0 Å². The second kappa shape index (κ2) is 5.64. The van der Waals surface area contributed by atoms with E-state index in [9.17, 15) is 4.79 Å². The zero-order valence-corrected chi connectivity index (χ0v) is 11.5. The van der Waals surface area contributed by atoms with E-state index < -0.39 is 5.97 Å². The van der Waals surface area contributed by atoms with E-state index in [1.807, 2.05) is 6.92 Å². The Kier molecular flexibility index (Phi) is 3.93. The molecule has 0 aliphatic carbocycles. The van der Waals surface area contributed by atoms with Crippen LogP contribution in [0.4, 0.5) is 0 Å². The van der Waals surface area contributed by atoms with Crippen molar-refractivity contribution in [2.75, 3.05) is 14.2 Å². The number of ether oxygens (including phenoxy) is 2. The van der Waals surface area contributed by atoms with Crippen molar-refractivity contribution >= 4 is 5.97 Å². The first-order valence-electron chi connectivity index (χ1n) is 6.06. The number of rotatable bonds is 5. The van der Waals surface area contributed by atoms with Gasteiger partial charge in [-0.05, 0) is 18.6 Å². The number of nitrogens with zero attached hydrogens (tertiary/aromatic N) is 1. The molecule has 106 valence electrons. The number of benzene rings is 1. The zero-order valence-electron chi connectivity index (χ0n) is 11.5. The average molecular weight is 277 g/mol. The normalized spacial score (nSPS) is 10.3. The molecule has 2 aromatic rings. The fourth-order valence-corrected chi connectivity index (χ4v) is 2.08. The second-order valence-corrected chi connectivity index (χ2v) is 4.06. The number of aromatic nitrogens is 1. The largest absolute Gasteiger partial charge is 0.496 e. The molecule has 1 aromatic carbocycles. The van der Waals surface area contributed by atoms with Gasteiger partial charge in [0.05, 0.1) is 19.8 Å². The lowest BCUT2D eigenvalue weighted by atomic mass is 10.0. The van der Waals surface area contributed by atoms with Gasteiger partial charge in [-0.25, -0.2) is 4.79 Å². The number of hydrogen-bond donors (Lipinski definition) is 1. The minimum Gasteiger partial charge on any atom is -0.496 e. The molecule has 1 heterocycles. The Hall–Kier alpha value is -2.50. The second-order valence-electron chi connectivity index (χ2n) is 4.06. The maximum absolute atomic E-state index is 10.9. The first kappa shape index (κ1) is 13.9. The van der Waals surface area contributed by atoms with Crippen LogP contribution >= 0.6 is 0 Å². The lowest BCUT2D eigenvalue weighted by Gasteiger charge is -2.14. The molecule has 0 aliphatic rings. The molecule has 1 aromatic heterocycles. The number of aromatic carboxylic acids is 1. The number of carbonyl (C=O) groups is 1. The first-order chi connectivity index (χ1) is 9.62. The van der Waals surface area contributed by atoms with Gasteiger partial charge < -0.3 is 19.1 Å².